The first kappa shape index (κ1) is 12.3. The second-order valence-corrected chi connectivity index (χ2v) is 4.55. The molecule has 2 N–H and O–H groups in total. The van der Waals surface area contributed by atoms with Crippen molar-refractivity contribution in [2.75, 3.05) is 10.6 Å². The van der Waals surface area contributed by atoms with Crippen molar-refractivity contribution < 1.29 is 9.59 Å². The fraction of sp³-hybridized carbons (Fsp3) is 0.231. The van der Waals surface area contributed by atoms with E-state index in [9.17, 15) is 9.59 Å². The van der Waals surface area contributed by atoms with Crippen molar-refractivity contribution in [1.29, 1.82) is 0 Å². The molecule has 7 heteroatoms. The lowest BCUT2D eigenvalue weighted by atomic mass is 10.2. The molecular weight excluding hydrogens is 258 g/mol. The van der Waals surface area contributed by atoms with Crippen LogP contribution in [0.25, 0.3) is 0 Å². The first-order valence-corrected chi connectivity index (χ1v) is 6.22. The number of aromatic nitrogens is 3. The van der Waals surface area contributed by atoms with Gasteiger partial charge < -0.3 is 5.32 Å². The van der Waals surface area contributed by atoms with E-state index in [-0.39, 0.29) is 18.2 Å². The monoisotopic (exact) mass is 271 g/mol. The molecule has 1 aliphatic heterocycles. The quantitative estimate of drug-likeness (QED) is 0.875. The number of nitrogens with one attached hydrogen (secondary N) is 2. The van der Waals surface area contributed by atoms with Crippen LogP contribution in [0.3, 0.4) is 0 Å². The minimum Gasteiger partial charge on any atom is -0.326 e. The highest BCUT2D eigenvalue weighted by molar-refractivity contribution is 6.00. The maximum Gasteiger partial charge on any atom is 0.252 e. The molecule has 1 aromatic heterocycles. The highest BCUT2D eigenvalue weighted by Gasteiger charge is 2.34. The van der Waals surface area contributed by atoms with Gasteiger partial charge in [0, 0.05) is 5.69 Å². The Kier molecular flexibility index (Phi) is 2.94. The van der Waals surface area contributed by atoms with Crippen molar-refractivity contribution in [2.45, 2.75) is 19.4 Å². The largest absolute Gasteiger partial charge is 0.326 e. The third-order valence-corrected chi connectivity index (χ3v) is 3.01. The maximum atomic E-state index is 12.0. The van der Waals surface area contributed by atoms with Gasteiger partial charge in [-0.05, 0) is 19.1 Å². The number of carbonyl (C=O) groups is 2. The van der Waals surface area contributed by atoms with E-state index in [1.165, 1.54) is 4.68 Å². The predicted octanol–water partition coefficient (Wildman–Crippen LogP) is 1.11. The Hall–Kier alpha value is -2.70. The molecule has 0 spiro atoms. The molecule has 1 aliphatic rings. The molecule has 20 heavy (non-hydrogen) atoms. The van der Waals surface area contributed by atoms with Crippen molar-refractivity contribution in [3.63, 3.8) is 0 Å². The van der Waals surface area contributed by atoms with Gasteiger partial charge in [0.2, 0.25) is 11.9 Å². The smallest absolute Gasteiger partial charge is 0.252 e. The van der Waals surface area contributed by atoms with Crippen molar-refractivity contribution in [3.05, 3.63) is 36.2 Å². The van der Waals surface area contributed by atoms with E-state index < -0.39 is 6.04 Å². The van der Waals surface area contributed by atoms with Crippen LogP contribution in [0.5, 0.6) is 0 Å². The summed E-state index contributed by atoms with van der Waals surface area (Å²) in [7, 11) is 0. The van der Waals surface area contributed by atoms with Gasteiger partial charge >= 0.3 is 0 Å². The van der Waals surface area contributed by atoms with Gasteiger partial charge in [-0.3, -0.25) is 14.9 Å². The van der Waals surface area contributed by atoms with Crippen molar-refractivity contribution in [3.8, 4) is 0 Å². The molecule has 2 aromatic rings. The Morgan fingerprint density at radius 1 is 1.40 bits per heavy atom. The number of amides is 2. The molecule has 0 bridgehead atoms. The summed E-state index contributed by atoms with van der Waals surface area (Å²) in [4.78, 5) is 27.8. The Labute approximate surface area is 115 Å². The van der Waals surface area contributed by atoms with Gasteiger partial charge in [0.05, 0.1) is 6.42 Å². The summed E-state index contributed by atoms with van der Waals surface area (Å²) >= 11 is 0. The number of benzene rings is 1. The van der Waals surface area contributed by atoms with Crippen LogP contribution >= 0.6 is 0 Å². The normalized spacial score (nSPS) is 16.6. The van der Waals surface area contributed by atoms with Crippen molar-refractivity contribution in [2.24, 2.45) is 0 Å². The number of carbonyl (C=O) groups excluding carboxylic acids is 2. The van der Waals surface area contributed by atoms with Crippen LogP contribution in [0.2, 0.25) is 0 Å². The fourth-order valence-corrected chi connectivity index (χ4v) is 2.13. The number of fused-ring (bicyclic) bond motifs is 1. The maximum absolute atomic E-state index is 12.0. The molecule has 0 radical (unpaired) electrons. The van der Waals surface area contributed by atoms with E-state index in [4.69, 9.17) is 0 Å². The molecular formula is C13H13N5O2. The van der Waals surface area contributed by atoms with Gasteiger partial charge in [0.1, 0.15) is 11.9 Å². The van der Waals surface area contributed by atoms with Crippen molar-refractivity contribution in [1.82, 2.24) is 14.8 Å². The van der Waals surface area contributed by atoms with E-state index in [0.29, 0.717) is 17.5 Å². The third kappa shape index (κ3) is 2.25. The predicted molar refractivity (Wildman–Crippen MR) is 72.1 cm³/mol. The molecule has 0 saturated carbocycles. The summed E-state index contributed by atoms with van der Waals surface area (Å²) in [5.41, 5.74) is 0.700. The zero-order chi connectivity index (χ0) is 14.1. The van der Waals surface area contributed by atoms with Gasteiger partial charge in [0.25, 0.3) is 5.91 Å². The average Bonchev–Trinajstić information content (AvgIpc) is 2.89. The highest BCUT2D eigenvalue weighted by atomic mass is 16.2. The lowest BCUT2D eigenvalue weighted by Gasteiger charge is -2.09. The zero-order valence-electron chi connectivity index (χ0n) is 10.8. The Balaban J connectivity index is 1.71. The van der Waals surface area contributed by atoms with Gasteiger partial charge in [-0.15, -0.1) is 0 Å². The molecule has 1 atom stereocenters. The van der Waals surface area contributed by atoms with Gasteiger partial charge in [-0.2, -0.15) is 10.1 Å². The lowest BCUT2D eigenvalue weighted by molar-refractivity contribution is -0.123. The van der Waals surface area contributed by atoms with Crippen LogP contribution in [-0.4, -0.2) is 26.6 Å². The van der Waals surface area contributed by atoms with E-state index in [1.54, 1.807) is 19.1 Å². The second kappa shape index (κ2) is 4.76. The molecule has 7 nitrogen and oxygen atoms in total. The van der Waals surface area contributed by atoms with E-state index in [0.717, 1.165) is 0 Å². The molecule has 102 valence electrons. The zero-order valence-corrected chi connectivity index (χ0v) is 10.8. The molecule has 0 fully saturated rings. The molecule has 2 amide bonds. The molecule has 3 rings (SSSR count). The molecule has 0 aliphatic carbocycles. The van der Waals surface area contributed by atoms with Gasteiger partial charge in [0.15, 0.2) is 0 Å². The van der Waals surface area contributed by atoms with E-state index in [1.807, 2.05) is 18.2 Å². The number of aryl methyl sites for hydroxylation is 1. The first-order chi connectivity index (χ1) is 9.63. The summed E-state index contributed by atoms with van der Waals surface area (Å²) in [6, 6.07) is 8.46. The summed E-state index contributed by atoms with van der Waals surface area (Å²) < 4.78 is 1.46. The molecule has 0 saturated heterocycles. The van der Waals surface area contributed by atoms with Gasteiger partial charge in [-0.25, -0.2) is 4.68 Å². The lowest BCUT2D eigenvalue weighted by Crippen LogP contribution is -2.23. The standard InChI is InChI=1S/C13H13N5O2/c1-8-14-13-16-12(20)10(18(13)17-8)7-11(19)15-9-5-3-2-4-6-9/h2-6,10H,7H2,1H3,(H,15,19)(H,14,16,17,20). The average molecular weight is 271 g/mol. The number of para-hydroxylation sites is 1. The summed E-state index contributed by atoms with van der Waals surface area (Å²) in [6.07, 6.45) is 0.0243. The molecule has 1 aromatic carbocycles. The Morgan fingerprint density at radius 3 is 2.90 bits per heavy atom. The minimum absolute atomic E-state index is 0.0243. The number of nitrogens with zero attached hydrogens (tertiary/aromatic N) is 3. The minimum atomic E-state index is -0.644. The Bertz CT molecular complexity index is 665. The first-order valence-electron chi connectivity index (χ1n) is 6.22. The number of hydrogen-bond acceptors (Lipinski definition) is 4. The Morgan fingerprint density at radius 2 is 2.15 bits per heavy atom. The van der Waals surface area contributed by atoms with E-state index >= 15 is 0 Å². The van der Waals surface area contributed by atoms with Crippen LogP contribution in [0.4, 0.5) is 11.6 Å². The summed E-state index contributed by atoms with van der Waals surface area (Å²) in [5, 5.41) is 9.48. The number of rotatable bonds is 3. The number of hydrogen-bond donors (Lipinski definition) is 2. The summed E-state index contributed by atoms with van der Waals surface area (Å²) in [6.45, 7) is 1.73. The van der Waals surface area contributed by atoms with Crippen LogP contribution in [0.15, 0.2) is 30.3 Å². The fourth-order valence-electron chi connectivity index (χ4n) is 2.13. The SMILES string of the molecule is Cc1nc2n(n1)C(CC(=O)Nc1ccccc1)C(=O)N2. The molecule has 1 unspecified atom stereocenters. The third-order valence-electron chi connectivity index (χ3n) is 3.01. The van der Waals surface area contributed by atoms with Crippen LogP contribution in [-0.2, 0) is 9.59 Å². The van der Waals surface area contributed by atoms with Crippen LogP contribution in [0.1, 0.15) is 18.3 Å². The van der Waals surface area contributed by atoms with Crippen LogP contribution < -0.4 is 10.6 Å². The van der Waals surface area contributed by atoms with E-state index in [2.05, 4.69) is 20.7 Å². The second-order valence-electron chi connectivity index (χ2n) is 4.55. The van der Waals surface area contributed by atoms with Crippen molar-refractivity contribution >= 4 is 23.5 Å². The summed E-state index contributed by atoms with van der Waals surface area (Å²) in [5.74, 6) is 0.457. The topological polar surface area (TPSA) is 88.9 Å². The van der Waals surface area contributed by atoms with Crippen LogP contribution in [0, 0.1) is 6.92 Å². The molecule has 2 heterocycles. The number of anilines is 2. The van der Waals surface area contributed by atoms with Gasteiger partial charge in [-0.1, -0.05) is 18.2 Å². The highest BCUT2D eigenvalue weighted by Crippen LogP contribution is 2.25.